The normalized spacial score (nSPS) is 18.7. The van der Waals surface area contributed by atoms with Gasteiger partial charge in [-0.15, -0.1) is 0 Å². The summed E-state index contributed by atoms with van der Waals surface area (Å²) >= 11 is 0. The Labute approximate surface area is 108 Å². The zero-order valence-electron chi connectivity index (χ0n) is 10.9. The standard InChI is InChI=1S/C13H20N4O/c1-17(2)12-10(4-3-6-15-12)9-16-13(18)11-5-7-14-8-11/h3-4,6,11,14H,5,7-9H2,1-2H3,(H,16,18). The zero-order valence-corrected chi connectivity index (χ0v) is 10.9. The van der Waals surface area contributed by atoms with Crippen LogP contribution in [-0.4, -0.2) is 38.1 Å². The average Bonchev–Trinajstić information content (AvgIpc) is 2.90. The van der Waals surface area contributed by atoms with E-state index in [9.17, 15) is 4.79 Å². The molecule has 98 valence electrons. The second kappa shape index (κ2) is 5.82. The van der Waals surface area contributed by atoms with E-state index >= 15 is 0 Å². The molecule has 5 heteroatoms. The minimum atomic E-state index is 0.115. The lowest BCUT2D eigenvalue weighted by molar-refractivity contribution is -0.124. The van der Waals surface area contributed by atoms with Gasteiger partial charge < -0.3 is 15.5 Å². The largest absolute Gasteiger partial charge is 0.362 e. The highest BCUT2D eigenvalue weighted by Crippen LogP contribution is 2.14. The minimum Gasteiger partial charge on any atom is -0.362 e. The second-order valence-electron chi connectivity index (χ2n) is 4.79. The highest BCUT2D eigenvalue weighted by molar-refractivity contribution is 5.79. The van der Waals surface area contributed by atoms with Gasteiger partial charge in [0.25, 0.3) is 0 Å². The Morgan fingerprint density at radius 2 is 2.44 bits per heavy atom. The first kappa shape index (κ1) is 12.8. The maximum atomic E-state index is 11.9. The fourth-order valence-electron chi connectivity index (χ4n) is 2.18. The van der Waals surface area contributed by atoms with Crippen LogP contribution in [0.15, 0.2) is 18.3 Å². The molecule has 2 N–H and O–H groups in total. The van der Waals surface area contributed by atoms with Crippen molar-refractivity contribution < 1.29 is 4.79 Å². The van der Waals surface area contributed by atoms with Gasteiger partial charge in [-0.05, 0) is 19.0 Å². The lowest BCUT2D eigenvalue weighted by atomic mass is 10.1. The number of rotatable bonds is 4. The molecule has 1 saturated heterocycles. The number of nitrogens with one attached hydrogen (secondary N) is 2. The third kappa shape index (κ3) is 2.98. The quantitative estimate of drug-likeness (QED) is 0.808. The second-order valence-corrected chi connectivity index (χ2v) is 4.79. The molecule has 2 heterocycles. The van der Waals surface area contributed by atoms with Crippen LogP contribution in [0.5, 0.6) is 0 Å². The Kier molecular flexibility index (Phi) is 4.15. The maximum Gasteiger partial charge on any atom is 0.224 e. The average molecular weight is 248 g/mol. The van der Waals surface area contributed by atoms with Gasteiger partial charge in [-0.1, -0.05) is 6.07 Å². The molecular formula is C13H20N4O. The lowest BCUT2D eigenvalue weighted by Gasteiger charge is -2.17. The molecule has 1 aromatic rings. The smallest absolute Gasteiger partial charge is 0.224 e. The van der Waals surface area contributed by atoms with Crippen molar-refractivity contribution in [2.24, 2.45) is 5.92 Å². The van der Waals surface area contributed by atoms with Crippen LogP contribution in [0.25, 0.3) is 0 Å². The van der Waals surface area contributed by atoms with Crippen LogP contribution in [0.4, 0.5) is 5.82 Å². The molecule has 18 heavy (non-hydrogen) atoms. The van der Waals surface area contributed by atoms with Crippen molar-refractivity contribution in [2.45, 2.75) is 13.0 Å². The van der Waals surface area contributed by atoms with Crippen molar-refractivity contribution in [3.05, 3.63) is 23.9 Å². The van der Waals surface area contributed by atoms with Gasteiger partial charge in [0, 0.05) is 38.9 Å². The summed E-state index contributed by atoms with van der Waals surface area (Å²) in [6, 6.07) is 3.89. The first-order valence-electron chi connectivity index (χ1n) is 6.28. The number of aromatic nitrogens is 1. The van der Waals surface area contributed by atoms with Gasteiger partial charge in [-0.25, -0.2) is 4.98 Å². The van der Waals surface area contributed by atoms with Gasteiger partial charge in [-0.3, -0.25) is 4.79 Å². The molecule has 0 spiro atoms. The Bertz CT molecular complexity index is 413. The molecule has 1 fully saturated rings. The maximum absolute atomic E-state index is 11.9. The molecule has 0 aliphatic carbocycles. The van der Waals surface area contributed by atoms with E-state index in [0.717, 1.165) is 30.9 Å². The predicted octanol–water partition coefficient (Wildman–Crippen LogP) is 0.373. The third-order valence-corrected chi connectivity index (χ3v) is 3.18. The summed E-state index contributed by atoms with van der Waals surface area (Å²) < 4.78 is 0. The van der Waals surface area contributed by atoms with Crippen molar-refractivity contribution in [2.75, 3.05) is 32.1 Å². The summed E-state index contributed by atoms with van der Waals surface area (Å²) in [5, 5.41) is 6.19. The van der Waals surface area contributed by atoms with E-state index < -0.39 is 0 Å². The number of hydrogen-bond donors (Lipinski definition) is 2. The van der Waals surface area contributed by atoms with Crippen molar-refractivity contribution in [1.82, 2.24) is 15.6 Å². The molecule has 5 nitrogen and oxygen atoms in total. The van der Waals surface area contributed by atoms with Crippen molar-refractivity contribution in [3.63, 3.8) is 0 Å². The molecule has 1 unspecified atom stereocenters. The number of hydrogen-bond acceptors (Lipinski definition) is 4. The summed E-state index contributed by atoms with van der Waals surface area (Å²) in [7, 11) is 3.91. The molecular weight excluding hydrogens is 228 g/mol. The van der Waals surface area contributed by atoms with Crippen LogP contribution in [0.2, 0.25) is 0 Å². The highest BCUT2D eigenvalue weighted by Gasteiger charge is 2.22. The molecule has 1 amide bonds. The van der Waals surface area contributed by atoms with Crippen LogP contribution in [0, 0.1) is 5.92 Å². The number of carbonyl (C=O) groups is 1. The fraction of sp³-hybridized carbons (Fsp3) is 0.538. The van der Waals surface area contributed by atoms with E-state index in [1.165, 1.54) is 0 Å². The van der Waals surface area contributed by atoms with Crippen molar-refractivity contribution >= 4 is 11.7 Å². The molecule has 0 saturated carbocycles. The van der Waals surface area contributed by atoms with Crippen molar-refractivity contribution in [1.29, 1.82) is 0 Å². The summed E-state index contributed by atoms with van der Waals surface area (Å²) in [6.07, 6.45) is 2.70. The zero-order chi connectivity index (χ0) is 13.0. The monoisotopic (exact) mass is 248 g/mol. The van der Waals surface area contributed by atoms with Crippen LogP contribution in [-0.2, 0) is 11.3 Å². The molecule has 0 radical (unpaired) electrons. The predicted molar refractivity (Wildman–Crippen MR) is 71.4 cm³/mol. The topological polar surface area (TPSA) is 57.3 Å². The third-order valence-electron chi connectivity index (χ3n) is 3.18. The molecule has 2 rings (SSSR count). The van der Waals surface area contributed by atoms with Crippen LogP contribution < -0.4 is 15.5 Å². The fourth-order valence-corrected chi connectivity index (χ4v) is 2.18. The van der Waals surface area contributed by atoms with Gasteiger partial charge in [0.05, 0.1) is 5.92 Å². The molecule has 0 aromatic carbocycles. The summed E-state index contributed by atoms with van der Waals surface area (Å²) in [4.78, 5) is 18.2. The minimum absolute atomic E-state index is 0.115. The summed E-state index contributed by atoms with van der Waals surface area (Å²) in [5.41, 5.74) is 1.04. The molecule has 1 atom stereocenters. The van der Waals surface area contributed by atoms with E-state index in [4.69, 9.17) is 0 Å². The highest BCUT2D eigenvalue weighted by atomic mass is 16.1. The van der Waals surface area contributed by atoms with Crippen LogP contribution in [0.1, 0.15) is 12.0 Å². The van der Waals surface area contributed by atoms with Gasteiger partial charge in [0.15, 0.2) is 0 Å². The van der Waals surface area contributed by atoms with Gasteiger partial charge in [0.2, 0.25) is 5.91 Å². The molecule has 1 aromatic heterocycles. The molecule has 1 aliphatic heterocycles. The van der Waals surface area contributed by atoms with E-state index in [1.54, 1.807) is 6.20 Å². The number of anilines is 1. The van der Waals surface area contributed by atoms with Crippen molar-refractivity contribution in [3.8, 4) is 0 Å². The van der Waals surface area contributed by atoms with E-state index in [2.05, 4.69) is 15.6 Å². The van der Waals surface area contributed by atoms with E-state index in [-0.39, 0.29) is 11.8 Å². The van der Waals surface area contributed by atoms with Gasteiger partial charge >= 0.3 is 0 Å². The van der Waals surface area contributed by atoms with Crippen LogP contribution >= 0.6 is 0 Å². The number of carbonyl (C=O) groups excluding carboxylic acids is 1. The Balaban J connectivity index is 1.95. The molecule has 1 aliphatic rings. The Morgan fingerprint density at radius 3 is 3.11 bits per heavy atom. The van der Waals surface area contributed by atoms with E-state index in [1.807, 2.05) is 31.1 Å². The van der Waals surface area contributed by atoms with Gasteiger partial charge in [-0.2, -0.15) is 0 Å². The SMILES string of the molecule is CN(C)c1ncccc1CNC(=O)C1CCNC1. The summed E-state index contributed by atoms with van der Waals surface area (Å²) in [5.74, 6) is 1.15. The first-order chi connectivity index (χ1) is 8.68. The first-order valence-corrected chi connectivity index (χ1v) is 6.28. The summed E-state index contributed by atoms with van der Waals surface area (Å²) in [6.45, 7) is 2.27. The van der Waals surface area contributed by atoms with Gasteiger partial charge in [0.1, 0.15) is 5.82 Å². The lowest BCUT2D eigenvalue weighted by Crippen LogP contribution is -2.32. The van der Waals surface area contributed by atoms with E-state index in [0.29, 0.717) is 6.54 Å². The Hall–Kier alpha value is -1.62. The number of nitrogens with zero attached hydrogens (tertiary/aromatic N) is 2. The van der Waals surface area contributed by atoms with Crippen LogP contribution in [0.3, 0.4) is 0 Å². The number of pyridine rings is 1. The molecule has 0 bridgehead atoms. The Morgan fingerprint density at radius 1 is 1.61 bits per heavy atom. The number of amides is 1.